The predicted molar refractivity (Wildman–Crippen MR) is 132 cm³/mol. The molecule has 0 bridgehead atoms. The minimum absolute atomic E-state index is 0.116. The van der Waals surface area contributed by atoms with Gasteiger partial charge in [0.15, 0.2) is 9.84 Å². The summed E-state index contributed by atoms with van der Waals surface area (Å²) in [5.41, 5.74) is 4.41. The molecule has 1 atom stereocenters. The molecule has 0 saturated heterocycles. The molecule has 8 nitrogen and oxygen atoms in total. The smallest absolute Gasteiger partial charge is 0.178 e. The van der Waals surface area contributed by atoms with E-state index >= 15 is 0 Å². The molecule has 0 radical (unpaired) electrons. The number of benzene rings is 1. The molecule has 3 aromatic heterocycles. The molecule has 4 aromatic rings. The molecule has 9 heteroatoms. The molecule has 3 N–H and O–H groups in total. The molecule has 0 aliphatic carbocycles. The first kappa shape index (κ1) is 22.6. The van der Waals surface area contributed by atoms with Crippen molar-refractivity contribution in [2.45, 2.75) is 44.2 Å². The fraction of sp³-hybridized carbons (Fsp3) is 0.360. The number of fused-ring (bicyclic) bond motifs is 2. The Morgan fingerprint density at radius 3 is 2.82 bits per heavy atom. The lowest BCUT2D eigenvalue weighted by atomic mass is 9.94. The highest BCUT2D eigenvalue weighted by Crippen LogP contribution is 2.34. The molecule has 1 aromatic carbocycles. The molecular formula is C25H29N5O3S. The Balaban J connectivity index is 1.50. The average molecular weight is 480 g/mol. The predicted octanol–water partition coefficient (Wildman–Crippen LogP) is 4.47. The van der Waals surface area contributed by atoms with Crippen LogP contribution < -0.4 is 10.6 Å². The van der Waals surface area contributed by atoms with Crippen molar-refractivity contribution in [1.82, 2.24) is 20.3 Å². The number of anilines is 1. The van der Waals surface area contributed by atoms with Crippen molar-refractivity contribution in [3.63, 3.8) is 0 Å². The summed E-state index contributed by atoms with van der Waals surface area (Å²) in [5.74, 6) is 1.96. The standard InChI is InChI=1S/C25H29N5O3S/c1-15(2)23(17-7-6-16-5-4-8-34(31,32)22(16)10-17)30-25-20-11-21(29-24(20)27-14-28-25)18-9-19(12-26-3)33-13-18/h6-7,9-11,13-15,23,26H,4-5,8,12H2,1-3H3,(H2,27,28,29,30)/t23-/m1/s1. The van der Waals surface area contributed by atoms with E-state index < -0.39 is 9.84 Å². The van der Waals surface area contributed by atoms with Gasteiger partial charge in [-0.3, -0.25) is 0 Å². The summed E-state index contributed by atoms with van der Waals surface area (Å²) in [6.07, 6.45) is 4.74. The third kappa shape index (κ3) is 4.21. The number of furan rings is 1. The van der Waals surface area contributed by atoms with Crippen molar-refractivity contribution in [3.8, 4) is 11.3 Å². The van der Waals surface area contributed by atoms with Crippen LogP contribution in [0.5, 0.6) is 0 Å². The number of sulfone groups is 1. The van der Waals surface area contributed by atoms with Gasteiger partial charge in [-0.15, -0.1) is 0 Å². The summed E-state index contributed by atoms with van der Waals surface area (Å²) in [4.78, 5) is 12.7. The van der Waals surface area contributed by atoms with Gasteiger partial charge >= 0.3 is 0 Å². The highest BCUT2D eigenvalue weighted by Gasteiger charge is 2.26. The third-order valence-electron chi connectivity index (χ3n) is 6.34. The molecule has 0 amide bonds. The van der Waals surface area contributed by atoms with Crippen LogP contribution in [0, 0.1) is 5.92 Å². The molecular weight excluding hydrogens is 450 g/mol. The number of hydrogen-bond acceptors (Lipinski definition) is 7. The summed E-state index contributed by atoms with van der Waals surface area (Å²) in [6.45, 7) is 4.88. The zero-order valence-corrected chi connectivity index (χ0v) is 20.4. The highest BCUT2D eigenvalue weighted by molar-refractivity contribution is 7.91. The largest absolute Gasteiger partial charge is 0.467 e. The number of hydrogen-bond donors (Lipinski definition) is 3. The summed E-state index contributed by atoms with van der Waals surface area (Å²) < 4.78 is 31.0. The monoisotopic (exact) mass is 479 g/mol. The SMILES string of the molecule is CNCc1cc(-c2cc3c(N[C@@H](c4ccc5c(c4)S(=O)(=O)CCC5)C(C)C)ncnc3[nH]2)co1. The Hall–Kier alpha value is -3.17. The van der Waals surface area contributed by atoms with Gasteiger partial charge in [0.1, 0.15) is 29.8 Å². The van der Waals surface area contributed by atoms with Gasteiger partial charge in [-0.2, -0.15) is 0 Å². The number of aromatic amines is 1. The molecule has 178 valence electrons. The van der Waals surface area contributed by atoms with Crippen LogP contribution in [-0.2, 0) is 22.8 Å². The van der Waals surface area contributed by atoms with E-state index in [1.165, 1.54) is 6.33 Å². The highest BCUT2D eigenvalue weighted by atomic mass is 32.2. The molecule has 0 unspecified atom stereocenters. The van der Waals surface area contributed by atoms with E-state index in [9.17, 15) is 8.42 Å². The lowest BCUT2D eigenvalue weighted by Gasteiger charge is -2.26. The lowest BCUT2D eigenvalue weighted by molar-refractivity contribution is 0.496. The van der Waals surface area contributed by atoms with E-state index in [0.717, 1.165) is 45.6 Å². The Labute approximate surface area is 199 Å². The molecule has 0 fully saturated rings. The van der Waals surface area contributed by atoms with Crippen LogP contribution in [0.2, 0.25) is 0 Å². The van der Waals surface area contributed by atoms with Crippen LogP contribution in [0.1, 0.15) is 43.2 Å². The van der Waals surface area contributed by atoms with Gasteiger partial charge in [-0.05, 0) is 55.1 Å². The minimum Gasteiger partial charge on any atom is -0.467 e. The van der Waals surface area contributed by atoms with E-state index in [-0.39, 0.29) is 17.7 Å². The lowest BCUT2D eigenvalue weighted by Crippen LogP contribution is -2.20. The maximum absolute atomic E-state index is 12.7. The molecule has 5 rings (SSSR count). The molecule has 0 spiro atoms. The van der Waals surface area contributed by atoms with Crippen molar-refractivity contribution < 1.29 is 12.8 Å². The fourth-order valence-corrected chi connectivity index (χ4v) is 6.23. The number of nitrogens with zero attached hydrogens (tertiary/aromatic N) is 2. The fourth-order valence-electron chi connectivity index (χ4n) is 4.60. The van der Waals surface area contributed by atoms with E-state index in [0.29, 0.717) is 23.7 Å². The number of aromatic nitrogens is 3. The summed E-state index contributed by atoms with van der Waals surface area (Å²) >= 11 is 0. The molecule has 1 aliphatic rings. The molecule has 1 aliphatic heterocycles. The summed E-state index contributed by atoms with van der Waals surface area (Å²) in [7, 11) is -1.36. The second-order valence-corrected chi connectivity index (χ2v) is 11.2. The first-order valence-corrected chi connectivity index (χ1v) is 13.2. The maximum Gasteiger partial charge on any atom is 0.178 e. The average Bonchev–Trinajstić information content (AvgIpc) is 3.44. The maximum atomic E-state index is 12.7. The second kappa shape index (κ2) is 8.88. The van der Waals surface area contributed by atoms with Crippen molar-refractivity contribution in [1.29, 1.82) is 0 Å². The van der Waals surface area contributed by atoms with Crippen molar-refractivity contribution in [3.05, 3.63) is 59.8 Å². The topological polar surface area (TPSA) is 113 Å². The van der Waals surface area contributed by atoms with Gasteiger partial charge in [-0.1, -0.05) is 26.0 Å². The van der Waals surface area contributed by atoms with Crippen molar-refractivity contribution in [2.75, 3.05) is 18.1 Å². The van der Waals surface area contributed by atoms with Gasteiger partial charge in [0, 0.05) is 5.56 Å². The number of aryl methyl sites for hydroxylation is 1. The van der Waals surface area contributed by atoms with Crippen LogP contribution in [0.4, 0.5) is 5.82 Å². The van der Waals surface area contributed by atoms with Gasteiger partial charge in [0.2, 0.25) is 0 Å². The summed E-state index contributed by atoms with van der Waals surface area (Å²) in [6, 6.07) is 9.73. The first-order chi connectivity index (χ1) is 16.4. The van der Waals surface area contributed by atoms with Crippen LogP contribution >= 0.6 is 0 Å². The molecule has 0 saturated carbocycles. The van der Waals surface area contributed by atoms with Gasteiger partial charge in [0.05, 0.1) is 34.3 Å². The Bertz CT molecular complexity index is 1440. The Morgan fingerprint density at radius 2 is 2.03 bits per heavy atom. The van der Waals surface area contributed by atoms with Crippen LogP contribution in [0.3, 0.4) is 0 Å². The zero-order chi connectivity index (χ0) is 23.9. The number of nitrogens with one attached hydrogen (secondary N) is 3. The minimum atomic E-state index is -3.23. The van der Waals surface area contributed by atoms with E-state index in [1.54, 1.807) is 6.26 Å². The second-order valence-electron chi connectivity index (χ2n) is 9.16. The quantitative estimate of drug-likeness (QED) is 0.358. The van der Waals surface area contributed by atoms with Crippen LogP contribution in [0.15, 0.2) is 52.2 Å². The third-order valence-corrected chi connectivity index (χ3v) is 8.22. The van der Waals surface area contributed by atoms with Gasteiger partial charge in [0.25, 0.3) is 0 Å². The van der Waals surface area contributed by atoms with Crippen molar-refractivity contribution >= 4 is 26.7 Å². The van der Waals surface area contributed by atoms with E-state index in [2.05, 4.69) is 39.4 Å². The van der Waals surface area contributed by atoms with E-state index in [4.69, 9.17) is 4.42 Å². The molecule has 34 heavy (non-hydrogen) atoms. The molecule has 4 heterocycles. The summed E-state index contributed by atoms with van der Waals surface area (Å²) in [5, 5.41) is 7.51. The first-order valence-electron chi connectivity index (χ1n) is 11.5. The Morgan fingerprint density at radius 1 is 1.18 bits per heavy atom. The normalized spacial score (nSPS) is 16.0. The zero-order valence-electron chi connectivity index (χ0n) is 19.6. The van der Waals surface area contributed by atoms with Gasteiger partial charge < -0.3 is 20.0 Å². The number of rotatable bonds is 7. The van der Waals surface area contributed by atoms with Crippen LogP contribution in [-0.4, -0.2) is 36.2 Å². The number of H-pyrrole nitrogens is 1. The van der Waals surface area contributed by atoms with Gasteiger partial charge in [-0.25, -0.2) is 18.4 Å². The van der Waals surface area contributed by atoms with Crippen LogP contribution in [0.25, 0.3) is 22.3 Å². The van der Waals surface area contributed by atoms with E-state index in [1.807, 2.05) is 37.4 Å². The Kier molecular flexibility index (Phi) is 5.91. The van der Waals surface area contributed by atoms with Crippen molar-refractivity contribution in [2.24, 2.45) is 5.92 Å².